The van der Waals surface area contributed by atoms with Crippen LogP contribution in [0.5, 0.6) is 11.5 Å². The molecule has 3 nitrogen and oxygen atoms in total. The quantitative estimate of drug-likeness (QED) is 0.118. The van der Waals surface area contributed by atoms with Crippen molar-refractivity contribution in [1.82, 2.24) is 0 Å². The van der Waals surface area contributed by atoms with Gasteiger partial charge in [0.25, 0.3) is 0 Å². The largest absolute Gasteiger partial charge is 1.00 e. The van der Waals surface area contributed by atoms with E-state index >= 15 is 0 Å². The van der Waals surface area contributed by atoms with Crippen LogP contribution in [0.4, 0.5) is 0 Å². The fraction of sp³-hybridized carbons (Fsp3) is 0.595. The molecule has 228 valence electrons. The zero-order valence-electron chi connectivity index (χ0n) is 26.9. The third kappa shape index (κ3) is 11.2. The summed E-state index contributed by atoms with van der Waals surface area (Å²) in [4.78, 5) is 0. The molecule has 0 saturated heterocycles. The molecule has 0 aliphatic heterocycles. The number of methoxy groups -OCH3 is 2. The van der Waals surface area contributed by atoms with Crippen LogP contribution in [-0.2, 0) is 18.4 Å². The van der Waals surface area contributed by atoms with Crippen molar-refractivity contribution in [3.8, 4) is 11.5 Å². The molecule has 0 aliphatic carbocycles. The lowest BCUT2D eigenvalue weighted by atomic mass is 9.87. The summed E-state index contributed by atoms with van der Waals surface area (Å²) in [6.45, 7) is 9.99. The van der Waals surface area contributed by atoms with E-state index in [9.17, 15) is 0 Å². The Morgan fingerprint density at radius 1 is 0.659 bits per heavy atom. The maximum Gasteiger partial charge on any atom is 0.189 e. The highest BCUT2D eigenvalue weighted by Gasteiger charge is 2.19. The first-order valence-electron chi connectivity index (χ1n) is 16.0. The molecule has 0 atom stereocenters. The Balaban J connectivity index is 0.00000588. The van der Waals surface area contributed by atoms with Gasteiger partial charge in [-0.2, -0.15) is 4.57 Å². The van der Waals surface area contributed by atoms with E-state index in [1.807, 2.05) is 0 Å². The molecule has 0 bridgehead atoms. The lowest BCUT2D eigenvalue weighted by molar-refractivity contribution is -0.694. The summed E-state index contributed by atoms with van der Waals surface area (Å²) in [6.07, 6.45) is 21.2. The molecule has 3 rings (SSSR count). The van der Waals surface area contributed by atoms with E-state index in [-0.39, 0.29) is 17.8 Å². The molecule has 4 heteroatoms. The minimum absolute atomic E-state index is 0. The topological polar surface area (TPSA) is 22.3 Å². The summed E-state index contributed by atoms with van der Waals surface area (Å²) in [5.41, 5.74) is 4.28. The van der Waals surface area contributed by atoms with Gasteiger partial charge in [0.2, 0.25) is 0 Å². The number of ether oxygens (including phenoxy) is 2. The van der Waals surface area contributed by atoms with Gasteiger partial charge in [-0.15, -0.1) is 0 Å². The summed E-state index contributed by atoms with van der Waals surface area (Å²) in [7, 11) is 3.44. The van der Waals surface area contributed by atoms with Crippen molar-refractivity contribution in [3.05, 3.63) is 65.5 Å². The molecular formula is C37H56ClNO2. The van der Waals surface area contributed by atoms with Gasteiger partial charge in [0.05, 0.1) is 19.6 Å². The Hall–Kier alpha value is -2.26. The van der Waals surface area contributed by atoms with Crippen LogP contribution in [0.2, 0.25) is 0 Å². The van der Waals surface area contributed by atoms with E-state index in [2.05, 4.69) is 80.9 Å². The van der Waals surface area contributed by atoms with Gasteiger partial charge >= 0.3 is 0 Å². The lowest BCUT2D eigenvalue weighted by Gasteiger charge is -2.19. The van der Waals surface area contributed by atoms with Crippen LogP contribution in [0.15, 0.2) is 48.7 Å². The Morgan fingerprint density at radius 3 is 1.68 bits per heavy atom. The summed E-state index contributed by atoms with van der Waals surface area (Å²) >= 11 is 0. The zero-order chi connectivity index (χ0) is 28.8. The molecule has 0 spiro atoms. The van der Waals surface area contributed by atoms with Gasteiger partial charge in [0, 0.05) is 18.1 Å². The highest BCUT2D eigenvalue weighted by molar-refractivity contribution is 5.87. The molecule has 3 aromatic rings. The number of aryl methyl sites for hydroxylation is 1. The normalized spacial score (nSPS) is 11.5. The highest BCUT2D eigenvalue weighted by Crippen LogP contribution is 2.33. The first-order chi connectivity index (χ1) is 19.4. The number of aromatic nitrogens is 1. The minimum Gasteiger partial charge on any atom is -1.00 e. The Labute approximate surface area is 257 Å². The zero-order valence-corrected chi connectivity index (χ0v) is 27.6. The molecule has 0 fully saturated rings. The second-order valence-electron chi connectivity index (χ2n) is 12.6. The summed E-state index contributed by atoms with van der Waals surface area (Å²) in [5, 5.41) is 2.48. The van der Waals surface area contributed by atoms with E-state index in [1.165, 1.54) is 111 Å². The monoisotopic (exact) mass is 581 g/mol. The van der Waals surface area contributed by atoms with Gasteiger partial charge in [-0.05, 0) is 34.9 Å². The number of halogens is 1. The van der Waals surface area contributed by atoms with Crippen molar-refractivity contribution in [2.45, 2.75) is 130 Å². The van der Waals surface area contributed by atoms with Crippen LogP contribution in [0.25, 0.3) is 10.8 Å². The third-order valence-electron chi connectivity index (χ3n) is 8.34. The summed E-state index contributed by atoms with van der Waals surface area (Å²) in [5.74, 6) is 1.59. The number of fused-ring (bicyclic) bond motifs is 1. The maximum atomic E-state index is 5.69. The minimum atomic E-state index is 0. The molecule has 0 amide bonds. The first-order valence-corrected chi connectivity index (χ1v) is 16.0. The van der Waals surface area contributed by atoms with Crippen molar-refractivity contribution in [1.29, 1.82) is 0 Å². The van der Waals surface area contributed by atoms with Crippen LogP contribution in [0, 0.1) is 0 Å². The summed E-state index contributed by atoms with van der Waals surface area (Å²) < 4.78 is 13.7. The van der Waals surface area contributed by atoms with Crippen molar-refractivity contribution in [3.63, 3.8) is 0 Å². The molecule has 1 aromatic heterocycles. The van der Waals surface area contributed by atoms with E-state index in [4.69, 9.17) is 9.47 Å². The number of hydrogen-bond acceptors (Lipinski definition) is 2. The van der Waals surface area contributed by atoms with Crippen molar-refractivity contribution >= 4 is 10.8 Å². The number of hydrogen-bond donors (Lipinski definition) is 0. The summed E-state index contributed by atoms with van der Waals surface area (Å²) in [6, 6.07) is 15.7. The molecule has 1 heterocycles. The molecule has 0 saturated carbocycles. The SMILES string of the molecule is CCCCCCCCCCCCCCCc1c2cc(OC)c(OC)cc2cc[n+]1Cc1ccc(C(C)(C)C)cc1.[Cl-]. The molecule has 2 aromatic carbocycles. The maximum absolute atomic E-state index is 5.69. The second-order valence-corrected chi connectivity index (χ2v) is 12.6. The van der Waals surface area contributed by atoms with Gasteiger partial charge in [0.15, 0.2) is 29.9 Å². The molecule has 41 heavy (non-hydrogen) atoms. The predicted molar refractivity (Wildman–Crippen MR) is 171 cm³/mol. The lowest BCUT2D eigenvalue weighted by Crippen LogP contribution is -3.00. The van der Waals surface area contributed by atoms with Gasteiger partial charge in [-0.3, -0.25) is 0 Å². The van der Waals surface area contributed by atoms with Crippen molar-refractivity contribution in [2.75, 3.05) is 14.2 Å². The fourth-order valence-corrected chi connectivity index (χ4v) is 5.74. The number of benzene rings is 2. The standard InChI is InChI=1S/C37H56NO2.ClH/c1-7-8-9-10-11-12-13-14-15-16-17-18-19-20-34-33-28-36(40-6)35(39-5)27-31(33)25-26-38(34)29-30-21-23-32(24-22-30)37(2,3)4;/h21-28H,7-20,29H2,1-6H3;1H/q+1;/p-1. The second kappa shape index (κ2) is 18.3. The fourth-order valence-electron chi connectivity index (χ4n) is 5.74. The number of unbranched alkanes of at least 4 members (excludes halogenated alkanes) is 12. The Kier molecular flexibility index (Phi) is 15.6. The smallest absolute Gasteiger partial charge is 0.189 e. The van der Waals surface area contributed by atoms with E-state index in [1.54, 1.807) is 14.2 Å². The van der Waals surface area contributed by atoms with E-state index < -0.39 is 0 Å². The van der Waals surface area contributed by atoms with Crippen LogP contribution in [0.3, 0.4) is 0 Å². The first kappa shape index (κ1) is 34.9. The predicted octanol–water partition coefficient (Wildman–Crippen LogP) is 7.13. The van der Waals surface area contributed by atoms with Gasteiger partial charge in [-0.25, -0.2) is 0 Å². The molecular weight excluding hydrogens is 526 g/mol. The Bertz CT molecular complexity index is 1150. The average Bonchev–Trinajstić information content (AvgIpc) is 2.95. The third-order valence-corrected chi connectivity index (χ3v) is 8.34. The molecule has 0 N–H and O–H groups in total. The van der Waals surface area contributed by atoms with Crippen LogP contribution in [-0.4, -0.2) is 14.2 Å². The highest BCUT2D eigenvalue weighted by atomic mass is 35.5. The van der Waals surface area contributed by atoms with Crippen molar-refractivity contribution < 1.29 is 26.4 Å². The number of pyridine rings is 1. The van der Waals surface area contributed by atoms with Gasteiger partial charge in [0.1, 0.15) is 0 Å². The molecule has 0 unspecified atom stereocenters. The average molecular weight is 582 g/mol. The molecule has 0 radical (unpaired) electrons. The van der Waals surface area contributed by atoms with Crippen LogP contribution >= 0.6 is 0 Å². The number of nitrogens with zero attached hydrogens (tertiary/aromatic N) is 1. The van der Waals surface area contributed by atoms with E-state index in [0.29, 0.717) is 0 Å². The van der Waals surface area contributed by atoms with Crippen LogP contribution < -0.4 is 26.4 Å². The Morgan fingerprint density at radius 2 is 1.17 bits per heavy atom. The van der Waals surface area contributed by atoms with Crippen LogP contribution in [0.1, 0.15) is 128 Å². The van der Waals surface area contributed by atoms with E-state index in [0.717, 1.165) is 24.5 Å². The van der Waals surface area contributed by atoms with Gasteiger partial charge in [-0.1, -0.05) is 129 Å². The molecule has 0 aliphatic rings. The van der Waals surface area contributed by atoms with Gasteiger partial charge < -0.3 is 21.9 Å². The van der Waals surface area contributed by atoms with Crippen molar-refractivity contribution in [2.24, 2.45) is 0 Å². The number of rotatable bonds is 18.